The monoisotopic (exact) mass is 468 g/mol. The van der Waals surface area contributed by atoms with Gasteiger partial charge in [0.2, 0.25) is 0 Å². The summed E-state index contributed by atoms with van der Waals surface area (Å²) in [5, 5.41) is 8.72. The van der Waals surface area contributed by atoms with E-state index in [2.05, 4.69) is 13.8 Å². The molecule has 0 heterocycles. The van der Waals surface area contributed by atoms with E-state index in [0.29, 0.717) is 6.42 Å². The van der Waals surface area contributed by atoms with Crippen molar-refractivity contribution >= 4 is 11.9 Å². The van der Waals surface area contributed by atoms with Crippen molar-refractivity contribution in [3.8, 4) is 0 Å². The molecule has 0 fully saturated rings. The second-order valence-corrected chi connectivity index (χ2v) is 9.95. The highest BCUT2D eigenvalue weighted by Crippen LogP contribution is 2.18. The van der Waals surface area contributed by atoms with Crippen LogP contribution < -0.4 is 0 Å². The lowest BCUT2D eigenvalue weighted by molar-refractivity contribution is -0.150. The van der Waals surface area contributed by atoms with E-state index < -0.39 is 5.97 Å². The fourth-order valence-electron chi connectivity index (χ4n) is 4.42. The zero-order valence-electron chi connectivity index (χ0n) is 22.2. The molecule has 33 heavy (non-hydrogen) atoms. The Morgan fingerprint density at radius 3 is 1.33 bits per heavy atom. The molecule has 4 heteroatoms. The first-order valence-electron chi connectivity index (χ1n) is 14.5. The molecule has 0 aromatic carbocycles. The Labute approximate surface area is 205 Å². The lowest BCUT2D eigenvalue weighted by Crippen LogP contribution is -2.18. The molecule has 1 atom stereocenters. The van der Waals surface area contributed by atoms with Gasteiger partial charge < -0.3 is 9.84 Å². The Morgan fingerprint density at radius 2 is 0.909 bits per heavy atom. The van der Waals surface area contributed by atoms with Crippen LogP contribution in [0.2, 0.25) is 0 Å². The molecule has 0 rings (SSSR count). The van der Waals surface area contributed by atoms with E-state index in [9.17, 15) is 9.59 Å². The van der Waals surface area contributed by atoms with Crippen LogP contribution >= 0.6 is 0 Å². The summed E-state index contributed by atoms with van der Waals surface area (Å²) in [6.07, 6.45) is 26.8. The van der Waals surface area contributed by atoms with Crippen LogP contribution in [0.1, 0.15) is 168 Å². The van der Waals surface area contributed by atoms with Crippen molar-refractivity contribution in [3.05, 3.63) is 0 Å². The van der Waals surface area contributed by atoms with Gasteiger partial charge in [0.15, 0.2) is 0 Å². The molecule has 196 valence electrons. The maximum absolute atomic E-state index is 12.4. The number of aliphatic carboxylic acids is 1. The first-order valence-corrected chi connectivity index (χ1v) is 14.5. The van der Waals surface area contributed by atoms with Crippen molar-refractivity contribution in [3.63, 3.8) is 0 Å². The zero-order valence-corrected chi connectivity index (χ0v) is 22.2. The summed E-state index contributed by atoms with van der Waals surface area (Å²) in [5.41, 5.74) is 0. The van der Waals surface area contributed by atoms with Crippen LogP contribution in [-0.4, -0.2) is 23.1 Å². The van der Waals surface area contributed by atoms with Crippen LogP contribution in [0.5, 0.6) is 0 Å². The second-order valence-electron chi connectivity index (χ2n) is 9.95. The van der Waals surface area contributed by atoms with Crippen molar-refractivity contribution in [1.29, 1.82) is 0 Å². The molecule has 0 aliphatic carbocycles. The molecule has 1 unspecified atom stereocenters. The smallest absolute Gasteiger partial charge is 0.306 e. The number of ether oxygens (including phenoxy) is 1. The molecule has 0 saturated heterocycles. The average Bonchev–Trinajstić information content (AvgIpc) is 2.79. The molecular weight excluding hydrogens is 412 g/mol. The normalized spacial score (nSPS) is 12.1. The predicted octanol–water partition coefficient (Wildman–Crippen LogP) is 9.39. The molecule has 0 aromatic rings. The highest BCUT2D eigenvalue weighted by atomic mass is 16.5. The Balaban J connectivity index is 4.04. The first-order chi connectivity index (χ1) is 16.1. The third-order valence-corrected chi connectivity index (χ3v) is 6.58. The van der Waals surface area contributed by atoms with Crippen LogP contribution in [0.25, 0.3) is 0 Å². The number of unbranched alkanes of at least 4 members (excludes halogenated alkanes) is 17. The molecule has 0 bridgehead atoms. The first kappa shape index (κ1) is 31.9. The number of esters is 1. The minimum atomic E-state index is -0.701. The lowest BCUT2D eigenvalue weighted by atomic mass is 10.0. The summed E-state index contributed by atoms with van der Waals surface area (Å²) in [6, 6.07) is 0. The van der Waals surface area contributed by atoms with Gasteiger partial charge in [0, 0.05) is 12.8 Å². The van der Waals surface area contributed by atoms with E-state index in [1.807, 2.05) is 0 Å². The number of rotatable bonds is 26. The van der Waals surface area contributed by atoms with Crippen LogP contribution in [0.15, 0.2) is 0 Å². The van der Waals surface area contributed by atoms with Gasteiger partial charge in [-0.15, -0.1) is 0 Å². The van der Waals surface area contributed by atoms with Crippen LogP contribution in [0.4, 0.5) is 0 Å². The molecule has 4 nitrogen and oxygen atoms in total. The highest BCUT2D eigenvalue weighted by molar-refractivity contribution is 5.69. The Morgan fingerprint density at radius 1 is 0.545 bits per heavy atom. The van der Waals surface area contributed by atoms with Gasteiger partial charge in [-0.05, 0) is 38.5 Å². The van der Waals surface area contributed by atoms with Crippen LogP contribution in [-0.2, 0) is 14.3 Å². The SMILES string of the molecule is CCCCCCCCCCC(=O)OC(CCCCCCCCC)CCCCCCCC(=O)O. The molecule has 0 amide bonds. The maximum Gasteiger partial charge on any atom is 0.306 e. The number of carbonyl (C=O) groups is 2. The summed E-state index contributed by atoms with van der Waals surface area (Å²) in [5.74, 6) is -0.705. The van der Waals surface area contributed by atoms with Gasteiger partial charge in [0.1, 0.15) is 6.10 Å². The topological polar surface area (TPSA) is 63.6 Å². The van der Waals surface area contributed by atoms with Crippen LogP contribution in [0, 0.1) is 0 Å². The fourth-order valence-corrected chi connectivity index (χ4v) is 4.42. The summed E-state index contributed by atoms with van der Waals surface area (Å²) in [4.78, 5) is 23.0. The van der Waals surface area contributed by atoms with E-state index in [1.165, 1.54) is 77.0 Å². The number of carboxylic acid groups (broad SMARTS) is 1. The highest BCUT2D eigenvalue weighted by Gasteiger charge is 2.14. The van der Waals surface area contributed by atoms with Gasteiger partial charge in [-0.3, -0.25) is 9.59 Å². The molecule has 1 N–H and O–H groups in total. The Bertz CT molecular complexity index is 435. The van der Waals surface area contributed by atoms with Gasteiger partial charge >= 0.3 is 11.9 Å². The van der Waals surface area contributed by atoms with Crippen LogP contribution in [0.3, 0.4) is 0 Å². The second kappa shape index (κ2) is 25.6. The number of hydrogen-bond donors (Lipinski definition) is 1. The van der Waals surface area contributed by atoms with Crippen molar-refractivity contribution in [2.24, 2.45) is 0 Å². The summed E-state index contributed by atoms with van der Waals surface area (Å²) < 4.78 is 5.90. The van der Waals surface area contributed by atoms with E-state index in [0.717, 1.165) is 64.2 Å². The Hall–Kier alpha value is -1.06. The van der Waals surface area contributed by atoms with Gasteiger partial charge in [-0.2, -0.15) is 0 Å². The third kappa shape index (κ3) is 25.4. The van der Waals surface area contributed by atoms with E-state index in [-0.39, 0.29) is 18.5 Å². The molecule has 0 aromatic heterocycles. The summed E-state index contributed by atoms with van der Waals surface area (Å²) >= 11 is 0. The quantitative estimate of drug-likeness (QED) is 0.101. The van der Waals surface area contributed by atoms with Gasteiger partial charge in [0.05, 0.1) is 0 Å². The minimum absolute atomic E-state index is 0.00427. The molecular formula is C29H56O4. The van der Waals surface area contributed by atoms with Crippen molar-refractivity contribution in [1.82, 2.24) is 0 Å². The predicted molar refractivity (Wildman–Crippen MR) is 140 cm³/mol. The molecule has 0 saturated carbocycles. The lowest BCUT2D eigenvalue weighted by Gasteiger charge is -2.18. The van der Waals surface area contributed by atoms with Gasteiger partial charge in [0.25, 0.3) is 0 Å². The standard InChI is InChI=1S/C29H56O4/c1-3-5-7-9-11-13-18-22-26-29(32)33-27(23-19-15-12-10-8-6-4-2)24-20-16-14-17-21-25-28(30)31/h27H,3-26H2,1-2H3,(H,30,31). The number of hydrogen-bond acceptors (Lipinski definition) is 3. The molecule has 0 spiro atoms. The van der Waals surface area contributed by atoms with E-state index in [4.69, 9.17) is 9.84 Å². The fraction of sp³-hybridized carbons (Fsp3) is 0.931. The largest absolute Gasteiger partial charge is 0.481 e. The molecule has 0 aliphatic rings. The van der Waals surface area contributed by atoms with E-state index in [1.54, 1.807) is 0 Å². The summed E-state index contributed by atoms with van der Waals surface area (Å²) in [7, 11) is 0. The van der Waals surface area contributed by atoms with Gasteiger partial charge in [-0.1, -0.05) is 117 Å². The minimum Gasteiger partial charge on any atom is -0.481 e. The zero-order chi connectivity index (χ0) is 24.4. The van der Waals surface area contributed by atoms with Crippen molar-refractivity contribution < 1.29 is 19.4 Å². The number of carbonyl (C=O) groups excluding carboxylic acids is 1. The molecule has 0 aliphatic heterocycles. The Kier molecular flexibility index (Phi) is 24.7. The summed E-state index contributed by atoms with van der Waals surface area (Å²) in [6.45, 7) is 4.49. The molecule has 0 radical (unpaired) electrons. The maximum atomic E-state index is 12.4. The third-order valence-electron chi connectivity index (χ3n) is 6.58. The van der Waals surface area contributed by atoms with E-state index >= 15 is 0 Å². The average molecular weight is 469 g/mol. The number of carboxylic acids is 1. The van der Waals surface area contributed by atoms with Crippen molar-refractivity contribution in [2.45, 2.75) is 174 Å². The van der Waals surface area contributed by atoms with Crippen molar-refractivity contribution in [2.75, 3.05) is 0 Å². The van der Waals surface area contributed by atoms with Gasteiger partial charge in [-0.25, -0.2) is 0 Å².